The molecule has 118 valence electrons. The topological polar surface area (TPSA) is 51.8 Å². The maximum absolute atomic E-state index is 13.9. The standard InChI is InChI=1S/C17H16FN3OS/c1-17(2,3)23-13-9-11(8-12(18)10-13)16-20-15(21-22-16)14-6-4-5-7-19-14/h4-10H,1-3H3. The molecule has 0 saturated heterocycles. The summed E-state index contributed by atoms with van der Waals surface area (Å²) < 4.78 is 19.2. The molecule has 0 saturated carbocycles. The van der Waals surface area contributed by atoms with Crippen LogP contribution in [-0.2, 0) is 0 Å². The van der Waals surface area contributed by atoms with Crippen molar-refractivity contribution in [2.75, 3.05) is 0 Å². The van der Waals surface area contributed by atoms with Crippen molar-refractivity contribution in [2.24, 2.45) is 0 Å². The summed E-state index contributed by atoms with van der Waals surface area (Å²) in [6, 6.07) is 10.2. The van der Waals surface area contributed by atoms with Crippen LogP contribution in [0.4, 0.5) is 4.39 Å². The van der Waals surface area contributed by atoms with Crippen molar-refractivity contribution in [2.45, 2.75) is 30.4 Å². The predicted octanol–water partition coefficient (Wildman–Crippen LogP) is 4.83. The smallest absolute Gasteiger partial charge is 0.258 e. The van der Waals surface area contributed by atoms with E-state index in [1.807, 2.05) is 18.2 Å². The van der Waals surface area contributed by atoms with Gasteiger partial charge in [-0.2, -0.15) is 4.98 Å². The summed E-state index contributed by atoms with van der Waals surface area (Å²) in [7, 11) is 0. The molecule has 6 heteroatoms. The zero-order chi connectivity index (χ0) is 16.4. The molecular formula is C17H16FN3OS. The van der Waals surface area contributed by atoms with Gasteiger partial charge in [0.15, 0.2) is 0 Å². The SMILES string of the molecule is CC(C)(C)Sc1cc(F)cc(-c2nc(-c3ccccn3)no2)c1. The number of benzene rings is 1. The maximum Gasteiger partial charge on any atom is 0.258 e. The minimum absolute atomic E-state index is 0.0149. The number of thioether (sulfide) groups is 1. The molecule has 0 spiro atoms. The molecule has 23 heavy (non-hydrogen) atoms. The fraction of sp³-hybridized carbons (Fsp3) is 0.235. The highest BCUT2D eigenvalue weighted by Crippen LogP contribution is 2.34. The van der Waals surface area contributed by atoms with E-state index in [4.69, 9.17) is 4.52 Å². The van der Waals surface area contributed by atoms with E-state index in [1.165, 1.54) is 12.1 Å². The van der Waals surface area contributed by atoms with Gasteiger partial charge in [-0.1, -0.05) is 32.0 Å². The van der Waals surface area contributed by atoms with Crippen LogP contribution in [0, 0.1) is 5.82 Å². The molecule has 3 aromatic rings. The summed E-state index contributed by atoms with van der Waals surface area (Å²) in [6.07, 6.45) is 1.66. The molecule has 2 heterocycles. The van der Waals surface area contributed by atoms with E-state index >= 15 is 0 Å². The molecule has 0 atom stereocenters. The Kier molecular flexibility index (Phi) is 4.17. The summed E-state index contributed by atoms with van der Waals surface area (Å²) >= 11 is 1.58. The number of hydrogen-bond donors (Lipinski definition) is 0. The van der Waals surface area contributed by atoms with E-state index in [9.17, 15) is 4.39 Å². The Morgan fingerprint density at radius 1 is 1.13 bits per heavy atom. The van der Waals surface area contributed by atoms with Gasteiger partial charge in [0.25, 0.3) is 5.89 Å². The van der Waals surface area contributed by atoms with Gasteiger partial charge in [0.05, 0.1) is 0 Å². The largest absolute Gasteiger partial charge is 0.334 e. The van der Waals surface area contributed by atoms with Crippen LogP contribution in [0.5, 0.6) is 0 Å². The van der Waals surface area contributed by atoms with Crippen molar-refractivity contribution in [3.05, 3.63) is 48.4 Å². The molecule has 0 radical (unpaired) electrons. The Morgan fingerprint density at radius 2 is 1.96 bits per heavy atom. The first-order valence-corrected chi connectivity index (χ1v) is 7.97. The lowest BCUT2D eigenvalue weighted by atomic mass is 10.2. The minimum Gasteiger partial charge on any atom is -0.334 e. The van der Waals surface area contributed by atoms with Gasteiger partial charge < -0.3 is 4.52 Å². The van der Waals surface area contributed by atoms with Gasteiger partial charge in [-0.05, 0) is 30.3 Å². The van der Waals surface area contributed by atoms with Crippen molar-refractivity contribution in [3.8, 4) is 23.0 Å². The molecule has 0 bridgehead atoms. The molecule has 0 aliphatic heterocycles. The highest BCUT2D eigenvalue weighted by Gasteiger charge is 2.16. The molecule has 0 N–H and O–H groups in total. The molecule has 0 unspecified atom stereocenters. The third kappa shape index (κ3) is 3.96. The van der Waals surface area contributed by atoms with Crippen LogP contribution in [0.15, 0.2) is 52.0 Å². The number of rotatable bonds is 3. The normalized spacial score (nSPS) is 11.7. The zero-order valence-corrected chi connectivity index (χ0v) is 13.9. The minimum atomic E-state index is -0.327. The number of pyridine rings is 1. The Morgan fingerprint density at radius 3 is 2.65 bits per heavy atom. The lowest BCUT2D eigenvalue weighted by Crippen LogP contribution is -2.06. The molecule has 0 fully saturated rings. The Hall–Kier alpha value is -2.21. The lowest BCUT2D eigenvalue weighted by molar-refractivity contribution is 0.431. The van der Waals surface area contributed by atoms with E-state index in [0.717, 1.165) is 4.90 Å². The first kappa shape index (κ1) is 15.7. The van der Waals surface area contributed by atoms with Gasteiger partial charge in [0, 0.05) is 21.4 Å². The van der Waals surface area contributed by atoms with Gasteiger partial charge in [0.1, 0.15) is 11.5 Å². The third-order valence-electron chi connectivity index (χ3n) is 2.86. The van der Waals surface area contributed by atoms with E-state index in [1.54, 1.807) is 24.0 Å². The highest BCUT2D eigenvalue weighted by atomic mass is 32.2. The third-order valence-corrected chi connectivity index (χ3v) is 3.95. The van der Waals surface area contributed by atoms with Gasteiger partial charge in [-0.3, -0.25) is 4.98 Å². The number of nitrogens with zero attached hydrogens (tertiary/aromatic N) is 3. The summed E-state index contributed by atoms with van der Waals surface area (Å²) in [4.78, 5) is 9.31. The molecule has 1 aromatic carbocycles. The van der Waals surface area contributed by atoms with Crippen molar-refractivity contribution in [1.29, 1.82) is 0 Å². The van der Waals surface area contributed by atoms with Crippen LogP contribution in [0.25, 0.3) is 23.0 Å². The number of aromatic nitrogens is 3. The zero-order valence-electron chi connectivity index (χ0n) is 13.1. The Balaban J connectivity index is 1.95. The van der Waals surface area contributed by atoms with Crippen LogP contribution in [0.2, 0.25) is 0 Å². The monoisotopic (exact) mass is 329 g/mol. The Bertz CT molecular complexity index is 812. The second-order valence-electron chi connectivity index (χ2n) is 6.03. The van der Waals surface area contributed by atoms with Gasteiger partial charge >= 0.3 is 0 Å². The van der Waals surface area contributed by atoms with Crippen LogP contribution in [-0.4, -0.2) is 19.9 Å². The van der Waals surface area contributed by atoms with Gasteiger partial charge in [-0.25, -0.2) is 4.39 Å². The molecule has 3 rings (SSSR count). The van der Waals surface area contributed by atoms with Crippen molar-refractivity contribution >= 4 is 11.8 Å². The summed E-state index contributed by atoms with van der Waals surface area (Å²) in [5, 5.41) is 3.92. The second-order valence-corrected chi connectivity index (χ2v) is 7.93. The second kappa shape index (κ2) is 6.12. The van der Waals surface area contributed by atoms with Crippen LogP contribution < -0.4 is 0 Å². The highest BCUT2D eigenvalue weighted by molar-refractivity contribution is 8.00. The number of hydrogen-bond acceptors (Lipinski definition) is 5. The first-order chi connectivity index (χ1) is 10.9. The van der Waals surface area contributed by atoms with E-state index in [0.29, 0.717) is 17.1 Å². The first-order valence-electron chi connectivity index (χ1n) is 7.16. The Labute approximate surface area is 138 Å². The average Bonchev–Trinajstić information content (AvgIpc) is 2.95. The van der Waals surface area contributed by atoms with E-state index in [-0.39, 0.29) is 16.5 Å². The summed E-state index contributed by atoms with van der Waals surface area (Å²) in [6.45, 7) is 6.23. The summed E-state index contributed by atoms with van der Waals surface area (Å²) in [5.74, 6) is 0.336. The fourth-order valence-corrected chi connectivity index (χ4v) is 3.10. The van der Waals surface area contributed by atoms with Crippen LogP contribution in [0.3, 0.4) is 0 Å². The van der Waals surface area contributed by atoms with Crippen LogP contribution in [0.1, 0.15) is 20.8 Å². The quantitative estimate of drug-likeness (QED) is 0.644. The fourth-order valence-electron chi connectivity index (χ4n) is 2.04. The molecule has 0 aliphatic carbocycles. The van der Waals surface area contributed by atoms with Gasteiger partial charge in [0.2, 0.25) is 5.82 Å². The molecular weight excluding hydrogens is 313 g/mol. The lowest BCUT2D eigenvalue weighted by Gasteiger charge is -2.17. The van der Waals surface area contributed by atoms with E-state index < -0.39 is 0 Å². The molecule has 2 aromatic heterocycles. The molecule has 4 nitrogen and oxygen atoms in total. The van der Waals surface area contributed by atoms with E-state index in [2.05, 4.69) is 35.9 Å². The summed E-state index contributed by atoms with van der Waals surface area (Å²) in [5.41, 5.74) is 1.18. The van der Waals surface area contributed by atoms with Gasteiger partial charge in [-0.15, -0.1) is 11.8 Å². The average molecular weight is 329 g/mol. The van der Waals surface area contributed by atoms with Crippen LogP contribution >= 0.6 is 11.8 Å². The van der Waals surface area contributed by atoms with Crippen molar-refractivity contribution in [1.82, 2.24) is 15.1 Å². The maximum atomic E-state index is 13.9. The van der Waals surface area contributed by atoms with Crippen molar-refractivity contribution in [3.63, 3.8) is 0 Å². The molecule has 0 aliphatic rings. The molecule has 0 amide bonds. The predicted molar refractivity (Wildman–Crippen MR) is 88.5 cm³/mol. The van der Waals surface area contributed by atoms with Crippen molar-refractivity contribution < 1.29 is 8.91 Å². The number of halogens is 1.